The maximum absolute atomic E-state index is 3.57. The summed E-state index contributed by atoms with van der Waals surface area (Å²) in [4.78, 5) is 0. The zero-order valence-corrected chi connectivity index (χ0v) is 14.3. The van der Waals surface area contributed by atoms with Crippen LogP contribution in [0.25, 0.3) is 32.9 Å². The Morgan fingerprint density at radius 2 is 0.962 bits per heavy atom. The van der Waals surface area contributed by atoms with E-state index in [0.717, 1.165) is 5.69 Å². The molecule has 0 bridgehead atoms. The maximum atomic E-state index is 3.57. The van der Waals surface area contributed by atoms with E-state index in [1.54, 1.807) is 0 Å². The van der Waals surface area contributed by atoms with Gasteiger partial charge in [0.15, 0.2) is 0 Å². The normalized spacial score (nSPS) is 11.1. The molecule has 0 spiro atoms. The highest BCUT2D eigenvalue weighted by atomic mass is 15.4. The molecule has 0 aliphatic heterocycles. The molecule has 1 heterocycles. The molecule has 0 atom stereocenters. The SMILES string of the molecule is c1ccc(-c2ccc(Nn3c4ccccc4c4ccccc43)cc2)cc1. The minimum Gasteiger partial charge on any atom is -0.294 e. The van der Waals surface area contributed by atoms with E-state index in [1.165, 1.54) is 32.9 Å². The monoisotopic (exact) mass is 334 g/mol. The molecule has 4 aromatic carbocycles. The van der Waals surface area contributed by atoms with Gasteiger partial charge in [0, 0.05) is 10.8 Å². The van der Waals surface area contributed by atoms with Gasteiger partial charge in [-0.15, -0.1) is 0 Å². The van der Waals surface area contributed by atoms with Crippen molar-refractivity contribution in [3.05, 3.63) is 103 Å². The van der Waals surface area contributed by atoms with Gasteiger partial charge in [-0.3, -0.25) is 10.1 Å². The van der Waals surface area contributed by atoms with Crippen LogP contribution in [0.4, 0.5) is 5.69 Å². The quantitative estimate of drug-likeness (QED) is 0.407. The van der Waals surface area contributed by atoms with Crippen molar-refractivity contribution in [2.45, 2.75) is 0 Å². The van der Waals surface area contributed by atoms with Crippen LogP contribution < -0.4 is 5.43 Å². The Morgan fingerprint density at radius 3 is 1.58 bits per heavy atom. The summed E-state index contributed by atoms with van der Waals surface area (Å²) in [5.41, 5.74) is 9.45. The lowest BCUT2D eigenvalue weighted by Crippen LogP contribution is -2.08. The average Bonchev–Trinajstić information content (AvgIpc) is 3.04. The molecule has 5 rings (SSSR count). The molecule has 0 aliphatic rings. The van der Waals surface area contributed by atoms with Gasteiger partial charge in [-0.2, -0.15) is 0 Å². The number of nitrogens with one attached hydrogen (secondary N) is 1. The molecule has 2 nitrogen and oxygen atoms in total. The van der Waals surface area contributed by atoms with Gasteiger partial charge in [0.1, 0.15) is 0 Å². The molecular formula is C24H18N2. The van der Waals surface area contributed by atoms with Crippen molar-refractivity contribution in [1.82, 2.24) is 4.68 Å². The Morgan fingerprint density at radius 1 is 0.462 bits per heavy atom. The molecule has 0 unspecified atom stereocenters. The molecule has 2 heteroatoms. The molecule has 124 valence electrons. The first-order valence-electron chi connectivity index (χ1n) is 8.81. The number of rotatable bonds is 3. The van der Waals surface area contributed by atoms with E-state index in [2.05, 4.69) is 107 Å². The third-order valence-corrected chi connectivity index (χ3v) is 4.81. The van der Waals surface area contributed by atoms with E-state index in [1.807, 2.05) is 6.07 Å². The van der Waals surface area contributed by atoms with Crippen LogP contribution in [0.3, 0.4) is 0 Å². The second kappa shape index (κ2) is 6.08. The predicted molar refractivity (Wildman–Crippen MR) is 110 cm³/mol. The molecule has 26 heavy (non-hydrogen) atoms. The Balaban J connectivity index is 1.57. The van der Waals surface area contributed by atoms with E-state index in [-0.39, 0.29) is 0 Å². The van der Waals surface area contributed by atoms with Gasteiger partial charge in [-0.05, 0) is 35.4 Å². The van der Waals surface area contributed by atoms with Crippen LogP contribution >= 0.6 is 0 Å². The van der Waals surface area contributed by atoms with E-state index >= 15 is 0 Å². The zero-order valence-electron chi connectivity index (χ0n) is 14.3. The van der Waals surface area contributed by atoms with Crippen LogP contribution in [0.1, 0.15) is 0 Å². The number of para-hydroxylation sites is 2. The second-order valence-electron chi connectivity index (χ2n) is 6.42. The number of hydrogen-bond donors (Lipinski definition) is 1. The van der Waals surface area contributed by atoms with E-state index in [4.69, 9.17) is 0 Å². The molecular weight excluding hydrogens is 316 g/mol. The fourth-order valence-electron chi connectivity index (χ4n) is 3.54. The van der Waals surface area contributed by atoms with Crippen molar-refractivity contribution in [2.24, 2.45) is 0 Å². The molecule has 0 radical (unpaired) electrons. The maximum Gasteiger partial charge on any atom is 0.0709 e. The van der Waals surface area contributed by atoms with Crippen LogP contribution in [0, 0.1) is 0 Å². The summed E-state index contributed by atoms with van der Waals surface area (Å²) >= 11 is 0. The van der Waals surface area contributed by atoms with Gasteiger partial charge < -0.3 is 0 Å². The third kappa shape index (κ3) is 2.44. The van der Waals surface area contributed by atoms with E-state index < -0.39 is 0 Å². The highest BCUT2D eigenvalue weighted by Crippen LogP contribution is 2.29. The number of anilines is 1. The lowest BCUT2D eigenvalue weighted by molar-refractivity contribution is 1.06. The Kier molecular flexibility index (Phi) is 3.46. The van der Waals surface area contributed by atoms with E-state index in [0.29, 0.717) is 0 Å². The van der Waals surface area contributed by atoms with Crippen LogP contribution in [0.2, 0.25) is 0 Å². The Bertz CT molecular complexity index is 1130. The molecule has 5 aromatic rings. The molecule has 0 fully saturated rings. The minimum atomic E-state index is 1.07. The summed E-state index contributed by atoms with van der Waals surface area (Å²) in [5, 5.41) is 2.52. The summed E-state index contributed by atoms with van der Waals surface area (Å²) in [5.74, 6) is 0. The second-order valence-corrected chi connectivity index (χ2v) is 6.42. The van der Waals surface area contributed by atoms with Gasteiger partial charge in [0.25, 0.3) is 0 Å². The van der Waals surface area contributed by atoms with Crippen LogP contribution in [0.5, 0.6) is 0 Å². The van der Waals surface area contributed by atoms with Crippen molar-refractivity contribution < 1.29 is 0 Å². The largest absolute Gasteiger partial charge is 0.294 e. The van der Waals surface area contributed by atoms with Crippen molar-refractivity contribution in [3.63, 3.8) is 0 Å². The lowest BCUT2D eigenvalue weighted by atomic mass is 10.1. The number of nitrogens with zero attached hydrogens (tertiary/aromatic N) is 1. The third-order valence-electron chi connectivity index (χ3n) is 4.81. The van der Waals surface area contributed by atoms with Gasteiger partial charge >= 0.3 is 0 Å². The smallest absolute Gasteiger partial charge is 0.0709 e. The van der Waals surface area contributed by atoms with Gasteiger partial charge in [-0.1, -0.05) is 78.9 Å². The van der Waals surface area contributed by atoms with Crippen LogP contribution in [-0.4, -0.2) is 4.68 Å². The van der Waals surface area contributed by atoms with Gasteiger partial charge in [0.2, 0.25) is 0 Å². The molecule has 1 aromatic heterocycles. The molecule has 0 amide bonds. The summed E-state index contributed by atoms with van der Waals surface area (Å²) < 4.78 is 2.17. The summed E-state index contributed by atoms with van der Waals surface area (Å²) in [6.07, 6.45) is 0. The molecule has 1 N–H and O–H groups in total. The average molecular weight is 334 g/mol. The van der Waals surface area contributed by atoms with Gasteiger partial charge in [-0.25, -0.2) is 0 Å². The topological polar surface area (TPSA) is 17.0 Å². The summed E-state index contributed by atoms with van der Waals surface area (Å²) in [6, 6.07) is 36.0. The first-order chi connectivity index (χ1) is 12.9. The van der Waals surface area contributed by atoms with E-state index in [9.17, 15) is 0 Å². The number of benzene rings is 4. The van der Waals surface area contributed by atoms with Crippen molar-refractivity contribution in [1.29, 1.82) is 0 Å². The minimum absolute atomic E-state index is 1.07. The van der Waals surface area contributed by atoms with Crippen LogP contribution in [-0.2, 0) is 0 Å². The zero-order chi connectivity index (χ0) is 17.3. The fourth-order valence-corrected chi connectivity index (χ4v) is 3.54. The molecule has 0 saturated heterocycles. The lowest BCUT2D eigenvalue weighted by Gasteiger charge is -2.12. The van der Waals surface area contributed by atoms with Crippen molar-refractivity contribution in [3.8, 4) is 11.1 Å². The Hall–Kier alpha value is -3.52. The Labute approximate surface area is 152 Å². The van der Waals surface area contributed by atoms with Crippen LogP contribution in [0.15, 0.2) is 103 Å². The summed E-state index contributed by atoms with van der Waals surface area (Å²) in [6.45, 7) is 0. The number of aromatic nitrogens is 1. The predicted octanol–water partition coefficient (Wildman–Crippen LogP) is 6.34. The highest BCUT2D eigenvalue weighted by Gasteiger charge is 2.09. The first-order valence-corrected chi connectivity index (χ1v) is 8.81. The molecule has 0 aliphatic carbocycles. The summed E-state index contributed by atoms with van der Waals surface area (Å²) in [7, 11) is 0. The van der Waals surface area contributed by atoms with Crippen molar-refractivity contribution >= 4 is 27.5 Å². The number of hydrogen-bond acceptors (Lipinski definition) is 1. The van der Waals surface area contributed by atoms with Crippen molar-refractivity contribution in [2.75, 3.05) is 5.43 Å². The van der Waals surface area contributed by atoms with Gasteiger partial charge in [0.05, 0.1) is 16.7 Å². The fraction of sp³-hybridized carbons (Fsp3) is 0. The standard InChI is InChI=1S/C24H18N2/c1-2-8-18(9-3-1)19-14-16-20(17-15-19)25-26-23-12-6-4-10-21(23)22-11-5-7-13-24(22)26/h1-17,25H. The number of fused-ring (bicyclic) bond motifs is 3. The molecule has 0 saturated carbocycles. The first kappa shape index (κ1) is 14.8. The highest BCUT2D eigenvalue weighted by molar-refractivity contribution is 6.08.